The molecule has 3 saturated carbocycles. The van der Waals surface area contributed by atoms with Gasteiger partial charge in [-0.25, -0.2) is 0 Å². The lowest BCUT2D eigenvalue weighted by Gasteiger charge is -2.15. The molecule has 5 atom stereocenters. The lowest BCUT2D eigenvalue weighted by Crippen LogP contribution is -2.04. The molecule has 0 aromatic heterocycles. The normalized spacial score (nSPS) is 40.0. The van der Waals surface area contributed by atoms with Gasteiger partial charge >= 0.3 is 0 Å². The Hall–Kier alpha value is -0.690. The Morgan fingerprint density at radius 1 is 1.16 bits per heavy atom. The van der Waals surface area contributed by atoms with Gasteiger partial charge in [0.15, 0.2) is 0 Å². The van der Waals surface area contributed by atoms with Gasteiger partial charge in [0.1, 0.15) is 5.75 Å². The second-order valence-electron chi connectivity index (χ2n) is 6.47. The minimum absolute atomic E-state index is 0.217. The van der Waals surface area contributed by atoms with E-state index in [0.29, 0.717) is 0 Å². The average molecular weight is 277 g/mol. The molecule has 5 unspecified atom stereocenters. The Balaban J connectivity index is 1.48. The molecule has 0 saturated heterocycles. The summed E-state index contributed by atoms with van der Waals surface area (Å²) in [5.74, 6) is 5.62. The molecule has 19 heavy (non-hydrogen) atoms. The van der Waals surface area contributed by atoms with Gasteiger partial charge in [0.2, 0.25) is 0 Å². The molecule has 0 spiro atoms. The van der Waals surface area contributed by atoms with Crippen LogP contribution in [-0.2, 0) is 0 Å². The molecule has 3 fully saturated rings. The molecule has 2 heteroatoms. The van der Waals surface area contributed by atoms with Crippen molar-refractivity contribution < 1.29 is 4.74 Å². The number of hydrogen-bond donors (Lipinski definition) is 0. The van der Waals surface area contributed by atoms with Gasteiger partial charge in [0, 0.05) is 0 Å². The molecule has 0 N–H and O–H groups in total. The quantitative estimate of drug-likeness (QED) is 0.727. The number of fused-ring (bicyclic) bond motifs is 5. The number of halogens is 1. The largest absolute Gasteiger partial charge is 0.494 e. The first kappa shape index (κ1) is 12.1. The molecule has 1 aromatic carbocycles. The van der Waals surface area contributed by atoms with Crippen LogP contribution in [0.1, 0.15) is 37.1 Å². The van der Waals surface area contributed by atoms with E-state index < -0.39 is 0 Å². The first-order valence-corrected chi connectivity index (χ1v) is 8.10. The van der Waals surface area contributed by atoms with Gasteiger partial charge in [-0.15, -0.1) is 11.6 Å². The highest BCUT2D eigenvalue weighted by atomic mass is 35.5. The number of rotatable bonds is 4. The zero-order valence-electron chi connectivity index (χ0n) is 11.4. The van der Waals surface area contributed by atoms with Gasteiger partial charge in [0.25, 0.3) is 0 Å². The summed E-state index contributed by atoms with van der Waals surface area (Å²) in [5, 5.41) is 0.217. The van der Waals surface area contributed by atoms with E-state index >= 15 is 0 Å². The van der Waals surface area contributed by atoms with Gasteiger partial charge in [-0.3, -0.25) is 0 Å². The van der Waals surface area contributed by atoms with Gasteiger partial charge in [0.05, 0.1) is 12.0 Å². The smallest absolute Gasteiger partial charge is 0.119 e. The number of alkyl halides is 1. The second-order valence-corrected chi connectivity index (χ2v) is 6.94. The number of hydrogen-bond acceptors (Lipinski definition) is 1. The van der Waals surface area contributed by atoms with Crippen molar-refractivity contribution in [1.29, 1.82) is 0 Å². The van der Waals surface area contributed by atoms with Crippen molar-refractivity contribution in [3.05, 3.63) is 29.8 Å². The van der Waals surface area contributed by atoms with Gasteiger partial charge < -0.3 is 4.74 Å². The second kappa shape index (κ2) is 4.41. The molecular formula is C17H21ClO. The summed E-state index contributed by atoms with van der Waals surface area (Å²) >= 11 is 6.75. The van der Waals surface area contributed by atoms with Crippen molar-refractivity contribution in [3.63, 3.8) is 0 Å². The van der Waals surface area contributed by atoms with E-state index in [1.807, 2.05) is 6.92 Å². The van der Waals surface area contributed by atoms with E-state index in [1.54, 1.807) is 0 Å². The Kier molecular flexibility index (Phi) is 2.80. The third-order valence-electron chi connectivity index (χ3n) is 5.64. The Morgan fingerprint density at radius 2 is 1.79 bits per heavy atom. The van der Waals surface area contributed by atoms with Gasteiger partial charge in [-0.05, 0) is 73.5 Å². The lowest BCUT2D eigenvalue weighted by molar-refractivity contribution is 0.340. The maximum absolute atomic E-state index is 6.75. The predicted octanol–water partition coefficient (Wildman–Crippen LogP) is 4.66. The maximum Gasteiger partial charge on any atom is 0.119 e. The molecule has 0 amide bonds. The van der Waals surface area contributed by atoms with Crippen molar-refractivity contribution in [1.82, 2.24) is 0 Å². The fraction of sp³-hybridized carbons (Fsp3) is 0.647. The third kappa shape index (κ3) is 1.81. The zero-order valence-corrected chi connectivity index (χ0v) is 12.1. The number of benzene rings is 1. The van der Waals surface area contributed by atoms with Crippen LogP contribution in [0.5, 0.6) is 5.75 Å². The van der Waals surface area contributed by atoms with Crippen LogP contribution < -0.4 is 4.74 Å². The van der Waals surface area contributed by atoms with E-state index in [0.717, 1.165) is 41.9 Å². The molecule has 0 radical (unpaired) electrons. The van der Waals surface area contributed by atoms with Crippen LogP contribution in [0.3, 0.4) is 0 Å². The van der Waals surface area contributed by atoms with E-state index in [4.69, 9.17) is 16.3 Å². The van der Waals surface area contributed by atoms with Gasteiger partial charge in [-0.2, -0.15) is 0 Å². The molecule has 3 aliphatic rings. The molecule has 3 aliphatic carbocycles. The minimum Gasteiger partial charge on any atom is -0.494 e. The summed E-state index contributed by atoms with van der Waals surface area (Å²) in [7, 11) is 0. The van der Waals surface area contributed by atoms with E-state index in [9.17, 15) is 0 Å². The van der Waals surface area contributed by atoms with E-state index in [-0.39, 0.29) is 5.38 Å². The molecule has 102 valence electrons. The minimum atomic E-state index is 0.217. The van der Waals surface area contributed by atoms with Crippen LogP contribution in [0.25, 0.3) is 0 Å². The molecule has 0 heterocycles. The Bertz CT molecular complexity index is 453. The van der Waals surface area contributed by atoms with Crippen LogP contribution in [0.15, 0.2) is 24.3 Å². The molecule has 0 aliphatic heterocycles. The fourth-order valence-electron chi connectivity index (χ4n) is 4.92. The van der Waals surface area contributed by atoms with Crippen molar-refractivity contribution in [3.8, 4) is 5.75 Å². The van der Waals surface area contributed by atoms with Crippen LogP contribution in [0.4, 0.5) is 0 Å². The summed E-state index contributed by atoms with van der Waals surface area (Å²) < 4.78 is 5.49. The average Bonchev–Trinajstić information content (AvgIpc) is 2.87. The molecule has 4 rings (SSSR count). The SMILES string of the molecule is CCOc1ccc(C(Cl)C2C3C4CCC(C4)C32)cc1. The zero-order chi connectivity index (χ0) is 13.0. The van der Waals surface area contributed by atoms with Crippen LogP contribution >= 0.6 is 11.6 Å². The summed E-state index contributed by atoms with van der Waals surface area (Å²) in [4.78, 5) is 0. The van der Waals surface area contributed by atoms with Crippen LogP contribution in [-0.4, -0.2) is 6.61 Å². The van der Waals surface area contributed by atoms with E-state index in [1.165, 1.54) is 24.8 Å². The molecule has 1 aromatic rings. The molecular weight excluding hydrogens is 256 g/mol. The summed E-state index contributed by atoms with van der Waals surface area (Å²) in [6.45, 7) is 2.74. The van der Waals surface area contributed by atoms with E-state index in [2.05, 4.69) is 24.3 Å². The van der Waals surface area contributed by atoms with Crippen molar-refractivity contribution in [2.45, 2.75) is 31.6 Å². The van der Waals surface area contributed by atoms with Crippen molar-refractivity contribution in [2.75, 3.05) is 6.61 Å². The molecule has 2 bridgehead atoms. The maximum atomic E-state index is 6.75. The topological polar surface area (TPSA) is 9.23 Å². The summed E-state index contributed by atoms with van der Waals surface area (Å²) in [6, 6.07) is 8.42. The molecule has 1 nitrogen and oxygen atoms in total. The monoisotopic (exact) mass is 276 g/mol. The summed E-state index contributed by atoms with van der Waals surface area (Å²) in [6.07, 6.45) is 4.43. The first-order chi connectivity index (χ1) is 9.29. The summed E-state index contributed by atoms with van der Waals surface area (Å²) in [5.41, 5.74) is 1.28. The highest BCUT2D eigenvalue weighted by Crippen LogP contribution is 2.73. The Morgan fingerprint density at radius 3 is 2.37 bits per heavy atom. The fourth-order valence-corrected chi connectivity index (χ4v) is 5.40. The third-order valence-corrected chi connectivity index (χ3v) is 6.19. The van der Waals surface area contributed by atoms with Gasteiger partial charge in [-0.1, -0.05) is 12.1 Å². The standard InChI is InChI=1S/C17H21ClO/c1-2-19-13-7-5-10(6-8-13)17(18)16-14-11-3-4-12(9-11)15(14)16/h5-8,11-12,14-17H,2-4,9H2,1H3. The first-order valence-electron chi connectivity index (χ1n) is 7.66. The van der Waals surface area contributed by atoms with Crippen molar-refractivity contribution in [2.24, 2.45) is 29.6 Å². The van der Waals surface area contributed by atoms with Crippen LogP contribution in [0, 0.1) is 29.6 Å². The predicted molar refractivity (Wildman–Crippen MR) is 77.5 cm³/mol. The lowest BCUT2D eigenvalue weighted by atomic mass is 9.97. The highest BCUT2D eigenvalue weighted by Gasteiger charge is 2.66. The number of ether oxygens (including phenoxy) is 1. The van der Waals surface area contributed by atoms with Crippen molar-refractivity contribution >= 4 is 11.6 Å². The van der Waals surface area contributed by atoms with Crippen LogP contribution in [0.2, 0.25) is 0 Å². The highest BCUT2D eigenvalue weighted by molar-refractivity contribution is 6.21. The Labute approximate surface area is 120 Å².